The first-order chi connectivity index (χ1) is 12.5. The molecule has 27 heavy (non-hydrogen) atoms. The van der Waals surface area contributed by atoms with Crippen molar-refractivity contribution in [2.24, 2.45) is 0 Å². The summed E-state index contributed by atoms with van der Waals surface area (Å²) in [5.41, 5.74) is 0. The van der Waals surface area contributed by atoms with Crippen LogP contribution in [0.25, 0.3) is 0 Å². The summed E-state index contributed by atoms with van der Waals surface area (Å²) in [7, 11) is 0. The van der Waals surface area contributed by atoms with Crippen LogP contribution in [0, 0.1) is 0 Å². The zero-order chi connectivity index (χ0) is 20.4. The van der Waals surface area contributed by atoms with Gasteiger partial charge in [-0.1, -0.05) is 83.5 Å². The molecule has 2 aromatic heterocycles. The van der Waals surface area contributed by atoms with Crippen molar-refractivity contribution in [3.8, 4) is 0 Å². The maximum Gasteiger partial charge on any atom is 0.251 e. The van der Waals surface area contributed by atoms with Crippen LogP contribution in [-0.4, -0.2) is 49.3 Å². The molecule has 1 unspecified atom stereocenters. The van der Waals surface area contributed by atoms with Crippen molar-refractivity contribution >= 4 is 103 Å². The highest BCUT2D eigenvalue weighted by molar-refractivity contribution is 7.12. The zero-order valence-corrected chi connectivity index (χ0v) is 20.6. The van der Waals surface area contributed by atoms with Crippen molar-refractivity contribution in [1.29, 1.82) is 0 Å². The van der Waals surface area contributed by atoms with E-state index in [4.69, 9.17) is 69.6 Å². The Balaban J connectivity index is 2.42. The summed E-state index contributed by atoms with van der Waals surface area (Å²) >= 11 is 37.6. The highest BCUT2D eigenvalue weighted by Crippen LogP contribution is 2.42. The van der Waals surface area contributed by atoms with Gasteiger partial charge in [0.2, 0.25) is 10.3 Å². The highest BCUT2D eigenvalue weighted by Gasteiger charge is 2.34. The Kier molecular flexibility index (Phi) is 8.51. The average Bonchev–Trinajstić information content (AvgIpc) is 3.22. The van der Waals surface area contributed by atoms with Gasteiger partial charge in [0.05, 0.1) is 0 Å². The molecular formula is C13H16Cl6N6S2. The molecule has 2 rings (SSSR count). The van der Waals surface area contributed by atoms with Gasteiger partial charge < -0.3 is 4.90 Å². The monoisotopic (exact) mass is 530 g/mol. The number of rotatable bonds is 7. The minimum atomic E-state index is -1.72. The Hall–Kier alpha value is 0.620. The van der Waals surface area contributed by atoms with Gasteiger partial charge in [-0.3, -0.25) is 4.90 Å². The first-order valence-electron chi connectivity index (χ1n) is 7.80. The van der Waals surface area contributed by atoms with Crippen molar-refractivity contribution in [2.75, 3.05) is 24.5 Å². The predicted molar refractivity (Wildman–Crippen MR) is 118 cm³/mol. The van der Waals surface area contributed by atoms with Crippen molar-refractivity contribution < 1.29 is 0 Å². The lowest BCUT2D eigenvalue weighted by molar-refractivity contribution is 0.288. The number of alkyl halides is 6. The van der Waals surface area contributed by atoms with Crippen LogP contribution in [0.15, 0.2) is 0 Å². The molecule has 0 aliphatic carbocycles. The Morgan fingerprint density at radius 3 is 1.56 bits per heavy atom. The number of likely N-dealkylation sites (N-methyl/N-ethyl adjacent to an activating group) is 1. The lowest BCUT2D eigenvalue weighted by Crippen LogP contribution is -2.40. The molecule has 1 atom stereocenters. The number of nitrogens with zero attached hydrogens (tertiary/aromatic N) is 6. The molecule has 0 spiro atoms. The molecule has 0 amide bonds. The molecule has 2 heterocycles. The van der Waals surface area contributed by atoms with Gasteiger partial charge in [-0.2, -0.15) is 18.7 Å². The molecule has 152 valence electrons. The van der Waals surface area contributed by atoms with Gasteiger partial charge in [-0.05, 0) is 20.0 Å². The summed E-state index contributed by atoms with van der Waals surface area (Å²) in [6, 6.07) is -0.0303. The lowest BCUT2D eigenvalue weighted by Gasteiger charge is -2.30. The average molecular weight is 533 g/mol. The van der Waals surface area contributed by atoms with Crippen molar-refractivity contribution in [2.45, 2.75) is 34.4 Å². The van der Waals surface area contributed by atoms with Crippen LogP contribution in [-0.2, 0) is 7.59 Å². The number of aromatic nitrogens is 4. The van der Waals surface area contributed by atoms with E-state index in [1.807, 2.05) is 11.8 Å². The third kappa shape index (κ3) is 6.30. The van der Waals surface area contributed by atoms with E-state index in [-0.39, 0.29) is 17.7 Å². The minimum absolute atomic E-state index is 0.0303. The normalized spacial score (nSPS) is 14.0. The first-order valence-corrected chi connectivity index (χ1v) is 11.6. The molecule has 0 fully saturated rings. The molecule has 0 bridgehead atoms. The summed E-state index contributed by atoms with van der Waals surface area (Å²) in [4.78, 5) is 12.9. The topological polar surface area (TPSA) is 58.0 Å². The van der Waals surface area contributed by atoms with Gasteiger partial charge in [0.15, 0.2) is 11.6 Å². The lowest BCUT2D eigenvalue weighted by atomic mass is 10.3. The quantitative estimate of drug-likeness (QED) is 0.413. The fourth-order valence-corrected chi connectivity index (χ4v) is 4.77. The molecule has 0 aromatic carbocycles. The largest absolute Gasteiger partial charge is 0.302 e. The van der Waals surface area contributed by atoms with Crippen LogP contribution < -0.4 is 4.90 Å². The summed E-state index contributed by atoms with van der Waals surface area (Å²) < 4.78 is 4.87. The molecule has 0 radical (unpaired) electrons. The van der Waals surface area contributed by atoms with E-state index in [9.17, 15) is 0 Å². The molecular weight excluding hydrogens is 517 g/mol. The SMILES string of the molecule is CCN(CC)CC(C)N(c1nc(C(Cl)(Cl)Cl)ns1)c1nc(C(Cl)(Cl)Cl)ns1. The second-order valence-corrected chi connectivity index (χ2v) is 11.5. The fraction of sp³-hybridized carbons (Fsp3) is 0.692. The number of hydrogen-bond acceptors (Lipinski definition) is 8. The predicted octanol–water partition coefficient (Wildman–Crippen LogP) is 5.91. The van der Waals surface area contributed by atoms with Crippen LogP contribution >= 0.6 is 92.7 Å². The van der Waals surface area contributed by atoms with Crippen LogP contribution in [0.3, 0.4) is 0 Å². The Labute approximate surface area is 196 Å². The maximum absolute atomic E-state index is 5.90. The van der Waals surface area contributed by atoms with E-state index in [1.165, 1.54) is 0 Å². The molecule has 0 N–H and O–H groups in total. The van der Waals surface area contributed by atoms with Gasteiger partial charge >= 0.3 is 0 Å². The van der Waals surface area contributed by atoms with Crippen LogP contribution in [0.2, 0.25) is 0 Å². The first kappa shape index (κ1) is 23.9. The van der Waals surface area contributed by atoms with E-state index in [0.717, 1.165) is 42.7 Å². The summed E-state index contributed by atoms with van der Waals surface area (Å²) in [6.45, 7) is 8.78. The van der Waals surface area contributed by atoms with Gasteiger partial charge in [0.25, 0.3) is 7.59 Å². The Morgan fingerprint density at radius 2 is 1.26 bits per heavy atom. The second kappa shape index (κ2) is 9.62. The Morgan fingerprint density at radius 1 is 0.852 bits per heavy atom. The smallest absolute Gasteiger partial charge is 0.251 e. The number of halogens is 6. The molecule has 0 saturated carbocycles. The third-order valence-corrected chi connectivity index (χ3v) is 6.05. The van der Waals surface area contributed by atoms with E-state index >= 15 is 0 Å². The molecule has 0 aliphatic rings. The van der Waals surface area contributed by atoms with E-state index in [1.54, 1.807) is 0 Å². The standard InChI is InChI=1S/C13H16Cl6N6S2/c1-4-24(5-2)6-7(3)25(10-20-8(22-26-10)12(14,15)16)11-21-9(23-27-11)13(17,18)19/h7H,4-6H2,1-3H3. The van der Waals surface area contributed by atoms with Crippen molar-refractivity contribution in [3.63, 3.8) is 0 Å². The maximum atomic E-state index is 5.90. The second-order valence-electron chi connectivity index (χ2n) is 5.50. The summed E-state index contributed by atoms with van der Waals surface area (Å²) in [5, 5.41) is 1.03. The Bertz CT molecular complexity index is 686. The molecule has 0 aliphatic heterocycles. The molecule has 6 nitrogen and oxygen atoms in total. The summed E-state index contributed by atoms with van der Waals surface area (Å²) in [6.07, 6.45) is 0. The third-order valence-electron chi connectivity index (χ3n) is 3.61. The van der Waals surface area contributed by atoms with Crippen LogP contribution in [0.5, 0.6) is 0 Å². The van der Waals surface area contributed by atoms with E-state index in [0.29, 0.717) is 10.3 Å². The van der Waals surface area contributed by atoms with Gasteiger partial charge in [-0.25, -0.2) is 0 Å². The molecule has 14 heteroatoms. The molecule has 0 saturated heterocycles. The van der Waals surface area contributed by atoms with Gasteiger partial charge in [0.1, 0.15) is 0 Å². The van der Waals surface area contributed by atoms with E-state index < -0.39 is 7.59 Å². The van der Waals surface area contributed by atoms with Crippen molar-refractivity contribution in [3.05, 3.63) is 11.6 Å². The zero-order valence-electron chi connectivity index (χ0n) is 14.5. The molecule has 2 aromatic rings. The van der Waals surface area contributed by atoms with E-state index in [2.05, 4.69) is 37.5 Å². The van der Waals surface area contributed by atoms with Crippen molar-refractivity contribution in [1.82, 2.24) is 23.6 Å². The number of hydrogen-bond donors (Lipinski definition) is 0. The van der Waals surface area contributed by atoms with Crippen LogP contribution in [0.1, 0.15) is 32.4 Å². The van der Waals surface area contributed by atoms with Crippen LogP contribution in [0.4, 0.5) is 10.3 Å². The minimum Gasteiger partial charge on any atom is -0.302 e. The highest BCUT2D eigenvalue weighted by atomic mass is 35.6. The number of anilines is 2. The van der Waals surface area contributed by atoms with Gasteiger partial charge in [0, 0.05) is 35.7 Å². The fourth-order valence-electron chi connectivity index (χ4n) is 2.25. The van der Waals surface area contributed by atoms with Gasteiger partial charge in [-0.15, -0.1) is 0 Å². The summed E-state index contributed by atoms with van der Waals surface area (Å²) in [5.74, 6) is 0.192.